The minimum atomic E-state index is -3.46. The Balaban J connectivity index is 1.91. The van der Waals surface area contributed by atoms with Gasteiger partial charge >= 0.3 is 10.1 Å². The average molecular weight is 307 g/mol. The van der Waals surface area contributed by atoms with Gasteiger partial charge in [-0.2, -0.15) is 13.7 Å². The average Bonchev–Trinajstić information content (AvgIpc) is 2.45. The Morgan fingerprint density at radius 3 is 2.33 bits per heavy atom. The van der Waals surface area contributed by atoms with Gasteiger partial charge in [-0.3, -0.25) is 0 Å². The lowest BCUT2D eigenvalue weighted by Crippen LogP contribution is -2.13. The van der Waals surface area contributed by atoms with E-state index >= 15 is 0 Å². The summed E-state index contributed by atoms with van der Waals surface area (Å²) in [4.78, 5) is 0. The van der Waals surface area contributed by atoms with E-state index in [1.54, 1.807) is 12.1 Å². The largest absolute Gasteiger partial charge is 0.383 e. The maximum atomic E-state index is 11.1. The van der Waals surface area contributed by atoms with Gasteiger partial charge in [0.25, 0.3) is 0 Å². The van der Waals surface area contributed by atoms with Gasteiger partial charge in [0.2, 0.25) is 0 Å². The third kappa shape index (κ3) is 5.05. The Morgan fingerprint density at radius 2 is 1.81 bits per heavy atom. The molecule has 0 aliphatic heterocycles. The van der Waals surface area contributed by atoms with Crippen molar-refractivity contribution >= 4 is 10.1 Å². The quantitative estimate of drug-likeness (QED) is 0.779. The molecule has 2 rings (SSSR count). The molecule has 0 atom stereocenters. The Bertz CT molecular complexity index is 593. The highest BCUT2D eigenvalue weighted by Gasteiger charge is 2.22. The predicted octanol–water partition coefficient (Wildman–Crippen LogP) is 3.60. The monoisotopic (exact) mass is 307 g/mol. The molecular formula is C16H21NO3S. The molecule has 4 nitrogen and oxygen atoms in total. The molecule has 114 valence electrons. The van der Waals surface area contributed by atoms with E-state index in [1.807, 2.05) is 12.1 Å². The maximum Gasteiger partial charge on any atom is 0.306 e. The van der Waals surface area contributed by atoms with Crippen LogP contribution in [0.25, 0.3) is 0 Å². The van der Waals surface area contributed by atoms with Gasteiger partial charge in [0.1, 0.15) is 5.75 Å². The summed E-state index contributed by atoms with van der Waals surface area (Å²) >= 11 is 0. The molecule has 0 amide bonds. The minimum Gasteiger partial charge on any atom is -0.383 e. The van der Waals surface area contributed by atoms with Crippen molar-refractivity contribution in [1.29, 1.82) is 5.26 Å². The summed E-state index contributed by atoms with van der Waals surface area (Å²) in [5.74, 6) is 1.59. The Labute approximate surface area is 126 Å². The molecule has 21 heavy (non-hydrogen) atoms. The summed E-state index contributed by atoms with van der Waals surface area (Å²) in [6.07, 6.45) is 7.35. The van der Waals surface area contributed by atoms with E-state index in [2.05, 4.69) is 6.07 Å². The van der Waals surface area contributed by atoms with Crippen LogP contribution in [0.2, 0.25) is 0 Å². The third-order valence-corrected chi connectivity index (χ3v) is 4.61. The van der Waals surface area contributed by atoms with Gasteiger partial charge in [0.15, 0.2) is 0 Å². The first kappa shape index (κ1) is 15.8. The summed E-state index contributed by atoms with van der Waals surface area (Å²) in [5.41, 5.74) is 1.24. The van der Waals surface area contributed by atoms with E-state index in [4.69, 9.17) is 9.44 Å². The molecule has 1 aromatic rings. The lowest BCUT2D eigenvalue weighted by molar-refractivity contribution is 0.312. The molecule has 0 heterocycles. The van der Waals surface area contributed by atoms with Crippen molar-refractivity contribution in [3.63, 3.8) is 0 Å². The molecule has 1 fully saturated rings. The predicted molar refractivity (Wildman–Crippen MR) is 81.5 cm³/mol. The molecule has 5 heteroatoms. The second-order valence-electron chi connectivity index (χ2n) is 5.77. The molecule has 1 aromatic carbocycles. The molecule has 0 aromatic heterocycles. The second-order valence-corrected chi connectivity index (χ2v) is 7.35. The lowest BCUT2D eigenvalue weighted by atomic mass is 9.77. The van der Waals surface area contributed by atoms with E-state index < -0.39 is 10.1 Å². The number of hydrogen-bond donors (Lipinski definition) is 0. The molecule has 0 spiro atoms. The number of nitriles is 1. The van der Waals surface area contributed by atoms with Gasteiger partial charge in [-0.1, -0.05) is 12.1 Å². The fourth-order valence-electron chi connectivity index (χ4n) is 3.02. The summed E-state index contributed by atoms with van der Waals surface area (Å²) in [7, 11) is -3.46. The van der Waals surface area contributed by atoms with E-state index in [9.17, 15) is 8.42 Å². The summed E-state index contributed by atoms with van der Waals surface area (Å²) in [6, 6.07) is 9.58. The van der Waals surface area contributed by atoms with Crippen LogP contribution in [-0.4, -0.2) is 14.7 Å². The first-order chi connectivity index (χ1) is 9.98. The summed E-state index contributed by atoms with van der Waals surface area (Å²) in [6.45, 7) is 0. The molecule has 1 aliphatic rings. The second kappa shape index (κ2) is 6.95. The highest BCUT2D eigenvalue weighted by atomic mass is 32.2. The van der Waals surface area contributed by atoms with Crippen molar-refractivity contribution < 1.29 is 12.6 Å². The van der Waals surface area contributed by atoms with Crippen molar-refractivity contribution in [2.75, 3.05) is 6.26 Å². The van der Waals surface area contributed by atoms with Crippen molar-refractivity contribution in [3.05, 3.63) is 29.8 Å². The molecule has 0 radical (unpaired) electrons. The Morgan fingerprint density at radius 1 is 1.19 bits per heavy atom. The van der Waals surface area contributed by atoms with Gasteiger partial charge in [-0.25, -0.2) is 0 Å². The fourth-order valence-corrected chi connectivity index (χ4v) is 3.48. The van der Waals surface area contributed by atoms with Crippen LogP contribution in [0.15, 0.2) is 24.3 Å². The van der Waals surface area contributed by atoms with Gasteiger partial charge in [0.05, 0.1) is 12.3 Å². The van der Waals surface area contributed by atoms with Gasteiger partial charge in [0, 0.05) is 6.42 Å². The third-order valence-electron chi connectivity index (χ3n) is 4.11. The molecule has 1 saturated carbocycles. The van der Waals surface area contributed by atoms with Crippen LogP contribution in [0.3, 0.4) is 0 Å². The first-order valence-electron chi connectivity index (χ1n) is 7.34. The highest BCUT2D eigenvalue weighted by molar-refractivity contribution is 7.86. The van der Waals surface area contributed by atoms with Crippen LogP contribution in [0.4, 0.5) is 0 Å². The van der Waals surface area contributed by atoms with Crippen LogP contribution in [0.5, 0.6) is 5.75 Å². The van der Waals surface area contributed by atoms with Crippen LogP contribution >= 0.6 is 0 Å². The molecular weight excluding hydrogens is 286 g/mol. The lowest BCUT2D eigenvalue weighted by Gasteiger charge is -2.28. The van der Waals surface area contributed by atoms with Gasteiger partial charge in [-0.15, -0.1) is 0 Å². The van der Waals surface area contributed by atoms with Crippen LogP contribution in [0, 0.1) is 17.2 Å². The van der Waals surface area contributed by atoms with Crippen LogP contribution < -0.4 is 4.18 Å². The fraction of sp³-hybridized carbons (Fsp3) is 0.562. The van der Waals surface area contributed by atoms with Gasteiger partial charge in [-0.05, 0) is 61.6 Å². The van der Waals surface area contributed by atoms with E-state index in [0.717, 1.165) is 25.5 Å². The Kier molecular flexibility index (Phi) is 5.24. The van der Waals surface area contributed by atoms with E-state index in [-0.39, 0.29) is 0 Å². The van der Waals surface area contributed by atoms with E-state index in [0.29, 0.717) is 24.0 Å². The summed E-state index contributed by atoms with van der Waals surface area (Å²) in [5, 5.41) is 8.63. The highest BCUT2D eigenvalue weighted by Crippen LogP contribution is 2.37. The molecule has 1 aliphatic carbocycles. The normalized spacial score (nSPS) is 22.5. The standard InChI is InChI=1S/C16H21NO3S/c1-21(18,19)20-16-10-8-15(9-11-16)14-6-4-13(5-7-14)3-2-12-17/h8-11,13-14H,2-7H2,1H3. The number of rotatable bonds is 5. The first-order valence-corrected chi connectivity index (χ1v) is 9.16. The van der Waals surface area contributed by atoms with Gasteiger partial charge < -0.3 is 4.18 Å². The smallest absolute Gasteiger partial charge is 0.306 e. The number of hydrogen-bond acceptors (Lipinski definition) is 4. The zero-order chi connectivity index (χ0) is 15.3. The number of nitrogens with zero attached hydrogens (tertiary/aromatic N) is 1. The van der Waals surface area contributed by atoms with Crippen molar-refractivity contribution in [1.82, 2.24) is 0 Å². The Hall–Kier alpha value is -1.54. The zero-order valence-corrected chi connectivity index (χ0v) is 13.1. The van der Waals surface area contributed by atoms with Crippen molar-refractivity contribution in [2.45, 2.75) is 44.4 Å². The molecule has 0 unspecified atom stereocenters. The topological polar surface area (TPSA) is 67.2 Å². The number of benzene rings is 1. The SMILES string of the molecule is CS(=O)(=O)Oc1ccc(C2CCC(CCC#N)CC2)cc1. The minimum absolute atomic E-state index is 0.365. The van der Waals surface area contributed by atoms with Crippen LogP contribution in [-0.2, 0) is 10.1 Å². The molecule has 0 N–H and O–H groups in total. The van der Waals surface area contributed by atoms with Crippen molar-refractivity contribution in [2.24, 2.45) is 5.92 Å². The molecule has 0 bridgehead atoms. The van der Waals surface area contributed by atoms with E-state index in [1.165, 1.54) is 18.4 Å². The summed E-state index contributed by atoms with van der Waals surface area (Å²) < 4.78 is 27.0. The zero-order valence-electron chi connectivity index (χ0n) is 12.3. The maximum absolute atomic E-state index is 11.1. The van der Waals surface area contributed by atoms with Crippen molar-refractivity contribution in [3.8, 4) is 11.8 Å². The van der Waals surface area contributed by atoms with Crippen LogP contribution in [0.1, 0.15) is 50.0 Å². The molecule has 0 saturated heterocycles.